The van der Waals surface area contributed by atoms with E-state index in [1.165, 1.54) is 111 Å². The Kier molecular flexibility index (Phi) is 10.6. The Bertz CT molecular complexity index is 3400. The predicted octanol–water partition coefficient (Wildman–Crippen LogP) is 18.8. The van der Waals surface area contributed by atoms with Gasteiger partial charge in [-0.05, 0) is 252 Å². The highest BCUT2D eigenvalue weighted by Crippen LogP contribution is 2.65. The molecule has 0 fully saturated rings. The number of hydrogen-bond acceptors (Lipinski definition) is 2. The fourth-order valence-electron chi connectivity index (χ4n) is 11.5. The quantitative estimate of drug-likeness (QED) is 0.150. The van der Waals surface area contributed by atoms with Gasteiger partial charge in [0.25, 0.3) is 0 Å². The maximum atomic E-state index is 2.53. The number of fused-ring (bicyclic) bond motifs is 10. The van der Waals surface area contributed by atoms with E-state index in [-0.39, 0.29) is 0 Å². The van der Waals surface area contributed by atoms with E-state index in [0.29, 0.717) is 0 Å². The van der Waals surface area contributed by atoms with Crippen LogP contribution in [0.25, 0.3) is 44.5 Å². The topological polar surface area (TPSA) is 6.48 Å². The van der Waals surface area contributed by atoms with E-state index in [1.807, 2.05) is 0 Å². The van der Waals surface area contributed by atoms with Crippen molar-refractivity contribution in [2.24, 2.45) is 0 Å². The third-order valence-electron chi connectivity index (χ3n) is 16.0. The van der Waals surface area contributed by atoms with Crippen molar-refractivity contribution in [2.75, 3.05) is 9.80 Å². The zero-order chi connectivity index (χ0) is 48.7. The van der Waals surface area contributed by atoms with Gasteiger partial charge in [0.1, 0.15) is 0 Å². The lowest BCUT2D eigenvalue weighted by atomic mass is 9.69. The second kappa shape index (κ2) is 17.0. The lowest BCUT2D eigenvalue weighted by molar-refractivity contribution is 0.794. The lowest BCUT2D eigenvalue weighted by Crippen LogP contribution is -2.27. The summed E-state index contributed by atoms with van der Waals surface area (Å²) in [6, 6.07) is 78.5. The van der Waals surface area contributed by atoms with E-state index in [4.69, 9.17) is 0 Å². The molecule has 0 unspecified atom stereocenters. The minimum Gasteiger partial charge on any atom is -0.310 e. The van der Waals surface area contributed by atoms with Crippen molar-refractivity contribution < 1.29 is 0 Å². The summed E-state index contributed by atoms with van der Waals surface area (Å²) in [5.41, 5.74) is 31.4. The standard InChI is InChI=1S/C69H58N2/c1-43-19-25-55(35-47(43)5)70(56-26-20-44(2)48(6)36-56)59-29-33-63-64-34-30-60(71(57-27-21-45(3)49(7)37-57)58-28-22-46(4)50(8)38-58)42-68(64)69(67(63)41-59)65-39-53(51-15-11-9-12-16-51)23-31-61(65)62-32-24-54(40-66(62)69)52-17-13-10-14-18-52/h9-42H,1-8H3. The molecule has 0 aliphatic heterocycles. The van der Waals surface area contributed by atoms with Crippen LogP contribution in [-0.4, -0.2) is 0 Å². The molecule has 12 rings (SSSR count). The van der Waals surface area contributed by atoms with Crippen LogP contribution in [-0.2, 0) is 5.41 Å². The lowest BCUT2D eigenvalue weighted by Gasteiger charge is -2.34. The van der Waals surface area contributed by atoms with E-state index in [1.54, 1.807) is 0 Å². The number of nitrogens with zero attached hydrogens (tertiary/aromatic N) is 2. The average Bonchev–Trinajstić information content (AvgIpc) is 3.84. The van der Waals surface area contributed by atoms with E-state index in [0.717, 1.165) is 34.1 Å². The Balaban J connectivity index is 1.19. The summed E-state index contributed by atoms with van der Waals surface area (Å²) in [6.07, 6.45) is 0. The molecule has 0 heterocycles. The second-order valence-corrected chi connectivity index (χ2v) is 20.2. The summed E-state index contributed by atoms with van der Waals surface area (Å²) in [5.74, 6) is 0. The minimum absolute atomic E-state index is 0.687. The van der Waals surface area contributed by atoms with Crippen LogP contribution in [0.3, 0.4) is 0 Å². The fourth-order valence-corrected chi connectivity index (χ4v) is 11.5. The zero-order valence-corrected chi connectivity index (χ0v) is 42.0. The predicted molar refractivity (Wildman–Crippen MR) is 301 cm³/mol. The molecule has 0 saturated carbocycles. The molecule has 2 nitrogen and oxygen atoms in total. The summed E-state index contributed by atoms with van der Waals surface area (Å²) < 4.78 is 0. The number of benzene rings is 10. The first-order chi connectivity index (χ1) is 34.5. The molecule has 0 atom stereocenters. The molecule has 2 heteroatoms. The van der Waals surface area contributed by atoms with Gasteiger partial charge in [-0.15, -0.1) is 0 Å². The first kappa shape index (κ1) is 44.0. The first-order valence-corrected chi connectivity index (χ1v) is 25.1. The molecular weight excluding hydrogens is 857 g/mol. The van der Waals surface area contributed by atoms with Crippen molar-refractivity contribution in [2.45, 2.75) is 60.8 Å². The van der Waals surface area contributed by atoms with Crippen molar-refractivity contribution in [3.8, 4) is 44.5 Å². The summed E-state index contributed by atoms with van der Waals surface area (Å²) in [6.45, 7) is 17.7. The van der Waals surface area contributed by atoms with Crippen LogP contribution in [0.2, 0.25) is 0 Å². The highest BCUT2D eigenvalue weighted by molar-refractivity contribution is 5.99. The van der Waals surface area contributed by atoms with Gasteiger partial charge in [0.05, 0.1) is 5.41 Å². The second-order valence-electron chi connectivity index (χ2n) is 20.2. The van der Waals surface area contributed by atoms with Crippen molar-refractivity contribution in [1.29, 1.82) is 0 Å². The Morgan fingerprint density at radius 2 is 0.493 bits per heavy atom. The van der Waals surface area contributed by atoms with Crippen LogP contribution in [0.4, 0.5) is 34.1 Å². The van der Waals surface area contributed by atoms with Crippen molar-refractivity contribution in [1.82, 2.24) is 0 Å². The molecular formula is C69H58N2. The molecule has 0 saturated heterocycles. The van der Waals surface area contributed by atoms with Crippen LogP contribution in [0, 0.1) is 55.4 Å². The third-order valence-corrected chi connectivity index (χ3v) is 16.0. The van der Waals surface area contributed by atoms with E-state index in [9.17, 15) is 0 Å². The van der Waals surface area contributed by atoms with E-state index < -0.39 is 5.41 Å². The highest BCUT2D eigenvalue weighted by atomic mass is 15.1. The smallest absolute Gasteiger partial charge is 0.0727 e. The zero-order valence-electron chi connectivity index (χ0n) is 42.0. The Morgan fingerprint density at radius 3 is 0.803 bits per heavy atom. The van der Waals surface area contributed by atoms with Crippen molar-refractivity contribution in [3.63, 3.8) is 0 Å². The van der Waals surface area contributed by atoms with Crippen molar-refractivity contribution in [3.05, 3.63) is 273 Å². The molecule has 0 bridgehead atoms. The van der Waals surface area contributed by atoms with E-state index >= 15 is 0 Å². The van der Waals surface area contributed by atoms with Gasteiger partial charge in [-0.3, -0.25) is 0 Å². The van der Waals surface area contributed by atoms with Gasteiger partial charge in [0.15, 0.2) is 0 Å². The maximum absolute atomic E-state index is 2.53. The molecule has 0 N–H and O–H groups in total. The third kappa shape index (κ3) is 7.15. The van der Waals surface area contributed by atoms with Crippen LogP contribution in [0.5, 0.6) is 0 Å². The average molecular weight is 915 g/mol. The molecule has 10 aromatic rings. The van der Waals surface area contributed by atoms with Gasteiger partial charge in [0.2, 0.25) is 0 Å². The number of aryl methyl sites for hydroxylation is 8. The van der Waals surface area contributed by atoms with Gasteiger partial charge in [-0.2, -0.15) is 0 Å². The summed E-state index contributed by atoms with van der Waals surface area (Å²) in [5, 5.41) is 0. The molecule has 2 aliphatic rings. The van der Waals surface area contributed by atoms with Crippen LogP contribution in [0.1, 0.15) is 66.8 Å². The van der Waals surface area contributed by atoms with Crippen LogP contribution >= 0.6 is 0 Å². The maximum Gasteiger partial charge on any atom is 0.0727 e. The monoisotopic (exact) mass is 914 g/mol. The summed E-state index contributed by atoms with van der Waals surface area (Å²) >= 11 is 0. The van der Waals surface area contributed by atoms with Crippen LogP contribution < -0.4 is 9.80 Å². The number of hydrogen-bond donors (Lipinski definition) is 0. The van der Waals surface area contributed by atoms with Gasteiger partial charge in [0, 0.05) is 34.1 Å². The molecule has 0 aromatic heterocycles. The number of anilines is 6. The Morgan fingerprint density at radius 1 is 0.225 bits per heavy atom. The Hall–Kier alpha value is -8.20. The Labute approximate surface area is 420 Å². The molecule has 1 spiro atoms. The molecule has 0 amide bonds. The number of rotatable bonds is 8. The first-order valence-electron chi connectivity index (χ1n) is 25.1. The molecule has 10 aromatic carbocycles. The molecule has 0 radical (unpaired) electrons. The van der Waals surface area contributed by atoms with E-state index in [2.05, 4.69) is 271 Å². The van der Waals surface area contributed by atoms with Gasteiger partial charge in [-0.25, -0.2) is 0 Å². The van der Waals surface area contributed by atoms with Gasteiger partial charge < -0.3 is 9.80 Å². The molecule has 71 heavy (non-hydrogen) atoms. The van der Waals surface area contributed by atoms with Crippen molar-refractivity contribution >= 4 is 34.1 Å². The summed E-state index contributed by atoms with van der Waals surface area (Å²) in [4.78, 5) is 4.94. The van der Waals surface area contributed by atoms with Gasteiger partial charge >= 0.3 is 0 Å². The van der Waals surface area contributed by atoms with Crippen LogP contribution in [0.15, 0.2) is 206 Å². The summed E-state index contributed by atoms with van der Waals surface area (Å²) in [7, 11) is 0. The molecule has 344 valence electrons. The normalized spacial score (nSPS) is 12.6. The minimum atomic E-state index is -0.687. The largest absolute Gasteiger partial charge is 0.310 e. The van der Waals surface area contributed by atoms with Gasteiger partial charge in [-0.1, -0.05) is 121 Å². The SMILES string of the molecule is Cc1ccc(N(c2ccc(C)c(C)c2)c2ccc3c(c2)C2(c4cc(-c5ccccc5)ccc4-c4ccc(-c5ccccc5)cc42)c2cc(N(c4ccc(C)c(C)c4)c4ccc(C)c(C)c4)ccc2-3)cc1C. The molecule has 2 aliphatic carbocycles. The fraction of sp³-hybridized carbons (Fsp3) is 0.130. The highest BCUT2D eigenvalue weighted by Gasteiger charge is 2.52.